The molecule has 200 valence electrons. The largest absolute Gasteiger partial charge is 0.463 e. The van der Waals surface area contributed by atoms with Crippen molar-refractivity contribution >= 4 is 45.0 Å². The van der Waals surface area contributed by atoms with E-state index in [0.717, 1.165) is 36.7 Å². The minimum atomic E-state index is -0.540. The second kappa shape index (κ2) is 9.57. The Balaban J connectivity index is 1.34. The van der Waals surface area contributed by atoms with Crippen LogP contribution in [0.25, 0.3) is 32.9 Å². The van der Waals surface area contributed by atoms with Gasteiger partial charge in [0, 0.05) is 73.3 Å². The molecule has 3 saturated heterocycles. The first kappa shape index (κ1) is 24.5. The molecule has 10 heteroatoms. The number of rotatable bonds is 5. The van der Waals surface area contributed by atoms with Crippen molar-refractivity contribution in [3.63, 3.8) is 0 Å². The van der Waals surface area contributed by atoms with Gasteiger partial charge >= 0.3 is 6.01 Å². The highest BCUT2D eigenvalue weighted by Crippen LogP contribution is 2.38. The highest BCUT2D eigenvalue weighted by atomic mass is 35.5. The fourth-order valence-corrected chi connectivity index (χ4v) is 6.52. The van der Waals surface area contributed by atoms with Crippen molar-refractivity contribution in [3.05, 3.63) is 53.4 Å². The minimum Gasteiger partial charge on any atom is -0.463 e. The van der Waals surface area contributed by atoms with Gasteiger partial charge in [0.1, 0.15) is 17.0 Å². The first-order valence-electron chi connectivity index (χ1n) is 13.4. The first-order valence-corrected chi connectivity index (χ1v) is 13.7. The van der Waals surface area contributed by atoms with Gasteiger partial charge in [-0.1, -0.05) is 41.9 Å². The smallest absolute Gasteiger partial charge is 0.319 e. The molecule has 7 rings (SSSR count). The van der Waals surface area contributed by atoms with Gasteiger partial charge in [-0.2, -0.15) is 9.97 Å². The number of nitrogens with zero attached hydrogens (tertiary/aromatic N) is 5. The summed E-state index contributed by atoms with van der Waals surface area (Å²) in [5, 5.41) is 6.36. The fraction of sp³-hybridized carbons (Fsp3) is 0.379. The first-order chi connectivity index (χ1) is 18.9. The summed E-state index contributed by atoms with van der Waals surface area (Å²) in [7, 11) is 1.79. The third-order valence-corrected chi connectivity index (χ3v) is 8.45. The van der Waals surface area contributed by atoms with Crippen LogP contribution in [0.3, 0.4) is 0 Å². The number of carbonyl (C=O) groups excluding carboxylic acids is 1. The molecule has 3 aliphatic heterocycles. The summed E-state index contributed by atoms with van der Waals surface area (Å²) in [6.07, 6.45) is 4.30. The van der Waals surface area contributed by atoms with Crippen LogP contribution in [0.2, 0.25) is 5.02 Å². The minimum absolute atomic E-state index is 0.0379. The zero-order chi connectivity index (χ0) is 26.7. The van der Waals surface area contributed by atoms with Crippen molar-refractivity contribution in [2.24, 2.45) is 5.92 Å². The quantitative estimate of drug-likeness (QED) is 0.396. The Morgan fingerprint density at radius 3 is 2.62 bits per heavy atom. The normalized spacial score (nSPS) is 22.8. The van der Waals surface area contributed by atoms with Gasteiger partial charge in [-0.05, 0) is 24.3 Å². The molecule has 4 aromatic rings. The molecule has 8 nitrogen and oxygen atoms in total. The molecule has 1 amide bonds. The van der Waals surface area contributed by atoms with E-state index in [2.05, 4.69) is 20.2 Å². The van der Waals surface area contributed by atoms with Gasteiger partial charge in [-0.15, -0.1) is 0 Å². The predicted octanol–water partition coefficient (Wildman–Crippen LogP) is 4.44. The average Bonchev–Trinajstić information content (AvgIpc) is 3.45. The second-order valence-electron chi connectivity index (χ2n) is 10.9. The summed E-state index contributed by atoms with van der Waals surface area (Å²) in [5.74, 6) is 0.218. The maximum absolute atomic E-state index is 16.4. The van der Waals surface area contributed by atoms with Gasteiger partial charge < -0.3 is 19.9 Å². The zero-order valence-corrected chi connectivity index (χ0v) is 22.3. The van der Waals surface area contributed by atoms with E-state index in [1.54, 1.807) is 24.2 Å². The van der Waals surface area contributed by atoms with Gasteiger partial charge in [-0.3, -0.25) is 9.78 Å². The Morgan fingerprint density at radius 1 is 1.10 bits per heavy atom. The number of aromatic nitrogens is 3. The van der Waals surface area contributed by atoms with Gasteiger partial charge in [0.25, 0.3) is 0 Å². The van der Waals surface area contributed by atoms with Gasteiger partial charge in [0.2, 0.25) is 5.91 Å². The Hall–Kier alpha value is -3.56. The molecule has 0 aliphatic carbocycles. The Labute approximate surface area is 230 Å². The van der Waals surface area contributed by atoms with Crippen LogP contribution in [0.1, 0.15) is 19.3 Å². The number of hydrogen-bond donors (Lipinski definition) is 1. The molecule has 0 radical (unpaired) electrons. The maximum atomic E-state index is 16.4. The summed E-state index contributed by atoms with van der Waals surface area (Å²) >= 11 is 6.56. The molecular weight excluding hydrogens is 519 g/mol. The summed E-state index contributed by atoms with van der Waals surface area (Å²) in [5.41, 5.74) is 0.947. The highest BCUT2D eigenvalue weighted by molar-refractivity contribution is 6.36. The van der Waals surface area contributed by atoms with Crippen molar-refractivity contribution < 1.29 is 13.9 Å². The monoisotopic (exact) mass is 546 g/mol. The molecule has 1 N–H and O–H groups in total. The lowest BCUT2D eigenvalue weighted by Crippen LogP contribution is -2.51. The van der Waals surface area contributed by atoms with E-state index < -0.39 is 5.82 Å². The third kappa shape index (κ3) is 4.33. The number of halogens is 2. The van der Waals surface area contributed by atoms with Crippen molar-refractivity contribution in [3.8, 4) is 17.3 Å². The second-order valence-corrected chi connectivity index (χ2v) is 11.3. The summed E-state index contributed by atoms with van der Waals surface area (Å²) in [4.78, 5) is 29.8. The topological polar surface area (TPSA) is 83.5 Å². The van der Waals surface area contributed by atoms with Gasteiger partial charge in [-0.25, -0.2) is 4.39 Å². The molecule has 2 aromatic heterocycles. The number of ether oxygens (including phenoxy) is 1. The maximum Gasteiger partial charge on any atom is 0.319 e. The molecule has 3 fully saturated rings. The van der Waals surface area contributed by atoms with E-state index in [9.17, 15) is 4.79 Å². The summed E-state index contributed by atoms with van der Waals surface area (Å²) in [6, 6.07) is 12.1. The summed E-state index contributed by atoms with van der Waals surface area (Å²) in [6.45, 7) is 2.44. The number of piperazine rings is 1. The van der Waals surface area contributed by atoms with E-state index in [0.29, 0.717) is 46.8 Å². The molecule has 3 unspecified atom stereocenters. The number of carbonyl (C=O) groups is 1. The Morgan fingerprint density at radius 2 is 1.87 bits per heavy atom. The third-order valence-electron chi connectivity index (χ3n) is 8.14. The number of amides is 1. The number of hydrogen-bond acceptors (Lipinski definition) is 7. The van der Waals surface area contributed by atoms with Crippen LogP contribution in [-0.2, 0) is 4.79 Å². The molecular formula is C29H28ClFN6O2. The average molecular weight is 547 g/mol. The zero-order valence-electron chi connectivity index (χ0n) is 21.5. The molecule has 0 saturated carbocycles. The highest BCUT2D eigenvalue weighted by Gasteiger charge is 2.34. The number of fused-ring (bicyclic) bond motifs is 4. The van der Waals surface area contributed by atoms with E-state index in [1.165, 1.54) is 0 Å². The van der Waals surface area contributed by atoms with Crippen LogP contribution in [0.4, 0.5) is 10.2 Å². The lowest BCUT2D eigenvalue weighted by Gasteiger charge is -2.34. The summed E-state index contributed by atoms with van der Waals surface area (Å²) < 4.78 is 22.5. The van der Waals surface area contributed by atoms with Crippen molar-refractivity contribution in [1.29, 1.82) is 0 Å². The van der Waals surface area contributed by atoms with E-state index in [4.69, 9.17) is 21.3 Å². The number of likely N-dealkylation sites (tertiary alicyclic amines) is 1. The molecule has 39 heavy (non-hydrogen) atoms. The van der Waals surface area contributed by atoms with Crippen LogP contribution < -0.4 is 15.0 Å². The number of pyridine rings is 1. The van der Waals surface area contributed by atoms with Crippen molar-refractivity contribution in [2.75, 3.05) is 38.2 Å². The molecule has 2 bridgehead atoms. The van der Waals surface area contributed by atoms with Crippen LogP contribution in [0.5, 0.6) is 6.01 Å². The van der Waals surface area contributed by atoms with E-state index in [-0.39, 0.29) is 35.7 Å². The Kier molecular flexibility index (Phi) is 6.01. The molecule has 5 heterocycles. The van der Waals surface area contributed by atoms with Crippen molar-refractivity contribution in [1.82, 2.24) is 25.2 Å². The molecule has 2 aromatic carbocycles. The predicted molar refractivity (Wildman–Crippen MR) is 149 cm³/mol. The lowest BCUT2D eigenvalue weighted by atomic mass is 10.0. The SMILES string of the molecule is CN1CC(COc2nc(N3CC4CCC(C3)N4)c3cnc(-c4cccc5cccc(Cl)c45)c(F)c3n2)CC1=O. The standard InChI is InChI=1S/C29H28ClFN6O2/c1-36-12-16(10-23(36)38)15-39-29-34-27-21(28(35-29)37-13-18-8-9-19(14-37)33-18)11-32-26(25(27)31)20-6-2-4-17-5-3-7-22(30)24(17)20/h2-7,11,16,18-19,33H,8-10,12-15H2,1H3. The van der Waals surface area contributed by atoms with E-state index >= 15 is 4.39 Å². The number of benzene rings is 2. The number of anilines is 1. The van der Waals surface area contributed by atoms with Crippen molar-refractivity contribution in [2.45, 2.75) is 31.3 Å². The number of nitrogens with one attached hydrogen (secondary N) is 1. The van der Waals surface area contributed by atoms with E-state index in [1.807, 2.05) is 30.3 Å². The van der Waals surface area contributed by atoms with Gasteiger partial charge in [0.15, 0.2) is 5.82 Å². The van der Waals surface area contributed by atoms with Crippen LogP contribution in [0, 0.1) is 11.7 Å². The fourth-order valence-electron chi connectivity index (χ4n) is 6.24. The van der Waals surface area contributed by atoms with Gasteiger partial charge in [0.05, 0.1) is 12.0 Å². The van der Waals surface area contributed by atoms with Crippen LogP contribution >= 0.6 is 11.6 Å². The van der Waals surface area contributed by atoms with Crippen LogP contribution in [-0.4, -0.2) is 71.1 Å². The molecule has 0 spiro atoms. The molecule has 3 atom stereocenters. The van der Waals surface area contributed by atoms with Crippen LogP contribution in [0.15, 0.2) is 42.6 Å². The lowest BCUT2D eigenvalue weighted by molar-refractivity contribution is -0.126. The Bertz CT molecular complexity index is 1600. The molecule has 3 aliphatic rings.